The summed E-state index contributed by atoms with van der Waals surface area (Å²) in [4.78, 5) is 0. The van der Waals surface area contributed by atoms with Gasteiger partial charge in [-0.2, -0.15) is 0 Å². The standard InChI is InChI=1S/C15H14FIO2/c1-10(18)12-4-7-15(14(16)8-12)19-9-11-2-5-13(17)6-3-11/h2-8,10,18H,9H2,1H3. The molecule has 0 bridgehead atoms. The molecule has 0 aromatic heterocycles. The quantitative estimate of drug-likeness (QED) is 0.821. The van der Waals surface area contributed by atoms with E-state index >= 15 is 0 Å². The van der Waals surface area contributed by atoms with Gasteiger partial charge in [0.2, 0.25) is 0 Å². The lowest BCUT2D eigenvalue weighted by Gasteiger charge is -2.10. The van der Waals surface area contributed by atoms with Crippen LogP contribution < -0.4 is 4.74 Å². The molecule has 2 aromatic rings. The Kier molecular flexibility index (Phi) is 4.76. The molecule has 19 heavy (non-hydrogen) atoms. The van der Waals surface area contributed by atoms with Crippen molar-refractivity contribution in [2.75, 3.05) is 0 Å². The lowest BCUT2D eigenvalue weighted by molar-refractivity contribution is 0.198. The van der Waals surface area contributed by atoms with Crippen LogP contribution in [0, 0.1) is 9.39 Å². The molecule has 1 unspecified atom stereocenters. The van der Waals surface area contributed by atoms with Gasteiger partial charge in [0.1, 0.15) is 6.61 Å². The number of ether oxygens (including phenoxy) is 1. The molecule has 0 spiro atoms. The maximum atomic E-state index is 13.7. The van der Waals surface area contributed by atoms with Gasteiger partial charge in [0, 0.05) is 3.57 Å². The summed E-state index contributed by atoms with van der Waals surface area (Å²) in [7, 11) is 0. The normalized spacial score (nSPS) is 12.2. The third-order valence-electron chi connectivity index (χ3n) is 2.75. The van der Waals surface area contributed by atoms with Gasteiger partial charge >= 0.3 is 0 Å². The number of halogens is 2. The minimum absolute atomic E-state index is 0.197. The summed E-state index contributed by atoms with van der Waals surface area (Å²) in [6.07, 6.45) is -0.681. The van der Waals surface area contributed by atoms with Crippen molar-refractivity contribution in [3.05, 3.63) is 63.0 Å². The van der Waals surface area contributed by atoms with Gasteiger partial charge in [-0.25, -0.2) is 4.39 Å². The summed E-state index contributed by atoms with van der Waals surface area (Å²) in [5, 5.41) is 9.36. The third-order valence-corrected chi connectivity index (χ3v) is 3.47. The number of aliphatic hydroxyl groups excluding tert-OH is 1. The zero-order valence-corrected chi connectivity index (χ0v) is 12.6. The van der Waals surface area contributed by atoms with Crippen LogP contribution in [0.15, 0.2) is 42.5 Å². The molecule has 0 fully saturated rings. The van der Waals surface area contributed by atoms with Crippen molar-refractivity contribution in [3.63, 3.8) is 0 Å². The van der Waals surface area contributed by atoms with Crippen LogP contribution in [0.3, 0.4) is 0 Å². The summed E-state index contributed by atoms with van der Waals surface area (Å²) >= 11 is 2.23. The second-order valence-electron chi connectivity index (χ2n) is 4.28. The van der Waals surface area contributed by atoms with Gasteiger partial charge in [0.05, 0.1) is 6.10 Å². The molecular formula is C15H14FIO2. The van der Waals surface area contributed by atoms with Crippen molar-refractivity contribution in [2.45, 2.75) is 19.6 Å². The molecule has 0 aliphatic heterocycles. The summed E-state index contributed by atoms with van der Waals surface area (Å²) in [5.74, 6) is -0.258. The fourth-order valence-electron chi connectivity index (χ4n) is 1.64. The molecule has 0 aliphatic carbocycles. The van der Waals surface area contributed by atoms with Gasteiger partial charge in [0.25, 0.3) is 0 Å². The average molecular weight is 372 g/mol. The highest BCUT2D eigenvalue weighted by Crippen LogP contribution is 2.22. The van der Waals surface area contributed by atoms with E-state index in [0.29, 0.717) is 12.2 Å². The largest absolute Gasteiger partial charge is 0.486 e. The van der Waals surface area contributed by atoms with Crippen LogP contribution in [-0.4, -0.2) is 5.11 Å². The van der Waals surface area contributed by atoms with E-state index in [4.69, 9.17) is 4.74 Å². The maximum Gasteiger partial charge on any atom is 0.165 e. The SMILES string of the molecule is CC(O)c1ccc(OCc2ccc(I)cc2)c(F)c1. The van der Waals surface area contributed by atoms with E-state index in [1.54, 1.807) is 19.1 Å². The first-order valence-corrected chi connectivity index (χ1v) is 6.99. The Hall–Kier alpha value is -1.14. The highest BCUT2D eigenvalue weighted by Gasteiger charge is 2.08. The number of benzene rings is 2. The molecule has 2 rings (SSSR count). The van der Waals surface area contributed by atoms with E-state index in [9.17, 15) is 9.50 Å². The molecule has 0 saturated carbocycles. The number of rotatable bonds is 4. The zero-order valence-electron chi connectivity index (χ0n) is 10.4. The Morgan fingerprint density at radius 1 is 1.21 bits per heavy atom. The van der Waals surface area contributed by atoms with Crippen molar-refractivity contribution in [3.8, 4) is 5.75 Å². The maximum absolute atomic E-state index is 13.7. The van der Waals surface area contributed by atoms with Crippen molar-refractivity contribution >= 4 is 22.6 Å². The van der Waals surface area contributed by atoms with Crippen LogP contribution in [0.5, 0.6) is 5.75 Å². The van der Waals surface area contributed by atoms with E-state index in [0.717, 1.165) is 9.13 Å². The predicted octanol–water partition coefficient (Wildman–Crippen LogP) is 4.06. The van der Waals surface area contributed by atoms with Crippen molar-refractivity contribution in [2.24, 2.45) is 0 Å². The third kappa shape index (κ3) is 3.91. The van der Waals surface area contributed by atoms with Gasteiger partial charge in [-0.05, 0) is 64.9 Å². The topological polar surface area (TPSA) is 29.5 Å². The van der Waals surface area contributed by atoms with E-state index in [1.165, 1.54) is 6.07 Å². The number of hydrogen-bond donors (Lipinski definition) is 1. The van der Waals surface area contributed by atoms with Crippen LogP contribution in [0.25, 0.3) is 0 Å². The molecule has 0 amide bonds. The van der Waals surface area contributed by atoms with E-state index in [1.807, 2.05) is 24.3 Å². The van der Waals surface area contributed by atoms with Gasteiger partial charge in [-0.3, -0.25) is 0 Å². The Labute approximate surface area is 125 Å². The second-order valence-corrected chi connectivity index (χ2v) is 5.53. The molecule has 1 atom stereocenters. The number of hydrogen-bond acceptors (Lipinski definition) is 2. The molecule has 0 radical (unpaired) electrons. The van der Waals surface area contributed by atoms with Crippen LogP contribution in [0.1, 0.15) is 24.2 Å². The van der Waals surface area contributed by atoms with E-state index in [-0.39, 0.29) is 5.75 Å². The number of aliphatic hydroxyl groups is 1. The Bertz CT molecular complexity index is 553. The van der Waals surface area contributed by atoms with Crippen LogP contribution in [-0.2, 0) is 6.61 Å². The fourth-order valence-corrected chi connectivity index (χ4v) is 2.00. The summed E-state index contributed by atoms with van der Waals surface area (Å²) in [6, 6.07) is 12.4. The molecule has 2 nitrogen and oxygen atoms in total. The fraction of sp³-hybridized carbons (Fsp3) is 0.200. The van der Waals surface area contributed by atoms with Gasteiger partial charge < -0.3 is 9.84 Å². The van der Waals surface area contributed by atoms with E-state index in [2.05, 4.69) is 22.6 Å². The molecule has 0 aliphatic rings. The van der Waals surface area contributed by atoms with Gasteiger partial charge in [-0.1, -0.05) is 18.2 Å². The van der Waals surface area contributed by atoms with E-state index < -0.39 is 11.9 Å². The molecule has 4 heteroatoms. The monoisotopic (exact) mass is 372 g/mol. The molecule has 1 N–H and O–H groups in total. The predicted molar refractivity (Wildman–Crippen MR) is 80.5 cm³/mol. The van der Waals surface area contributed by atoms with Crippen molar-refractivity contribution < 1.29 is 14.2 Å². The first kappa shape index (κ1) is 14.3. The molecule has 0 saturated heterocycles. The molecular weight excluding hydrogens is 358 g/mol. The van der Waals surface area contributed by atoms with Crippen molar-refractivity contribution in [1.82, 2.24) is 0 Å². The summed E-state index contributed by atoms with van der Waals surface area (Å²) in [5.41, 5.74) is 1.53. The first-order valence-electron chi connectivity index (χ1n) is 5.91. The Balaban J connectivity index is 2.05. The minimum Gasteiger partial charge on any atom is -0.486 e. The highest BCUT2D eigenvalue weighted by atomic mass is 127. The smallest absolute Gasteiger partial charge is 0.165 e. The lowest BCUT2D eigenvalue weighted by atomic mass is 10.1. The highest BCUT2D eigenvalue weighted by molar-refractivity contribution is 14.1. The van der Waals surface area contributed by atoms with Crippen LogP contribution in [0.2, 0.25) is 0 Å². The first-order chi connectivity index (χ1) is 9.06. The van der Waals surface area contributed by atoms with Crippen LogP contribution >= 0.6 is 22.6 Å². The van der Waals surface area contributed by atoms with Crippen LogP contribution in [0.4, 0.5) is 4.39 Å². The van der Waals surface area contributed by atoms with Gasteiger partial charge in [0.15, 0.2) is 11.6 Å². The Morgan fingerprint density at radius 2 is 1.89 bits per heavy atom. The average Bonchev–Trinajstić information content (AvgIpc) is 2.39. The molecule has 0 heterocycles. The molecule has 2 aromatic carbocycles. The van der Waals surface area contributed by atoms with Crippen molar-refractivity contribution in [1.29, 1.82) is 0 Å². The summed E-state index contributed by atoms with van der Waals surface area (Å²) in [6.45, 7) is 1.92. The van der Waals surface area contributed by atoms with Gasteiger partial charge in [-0.15, -0.1) is 0 Å². The zero-order chi connectivity index (χ0) is 13.8. The lowest BCUT2D eigenvalue weighted by Crippen LogP contribution is -1.99. The minimum atomic E-state index is -0.681. The Morgan fingerprint density at radius 3 is 2.47 bits per heavy atom. The summed E-state index contributed by atoms with van der Waals surface area (Å²) < 4.78 is 20.3. The molecule has 100 valence electrons. The second kappa shape index (κ2) is 6.34.